The van der Waals surface area contributed by atoms with Gasteiger partial charge in [-0.05, 0) is 37.5 Å². The molecule has 1 atom stereocenters. The summed E-state index contributed by atoms with van der Waals surface area (Å²) in [6.07, 6.45) is 4.38. The van der Waals surface area contributed by atoms with Gasteiger partial charge in [0.05, 0.1) is 18.8 Å². The minimum Gasteiger partial charge on any atom is -0.460 e. The molecule has 0 unspecified atom stereocenters. The highest BCUT2D eigenvalue weighted by Gasteiger charge is 2.35. The zero-order valence-electron chi connectivity index (χ0n) is 17.0. The Morgan fingerprint density at radius 3 is 2.58 bits per heavy atom. The Hall–Kier alpha value is -3.30. The van der Waals surface area contributed by atoms with Crippen LogP contribution in [0.4, 0.5) is 14.8 Å². The lowest BCUT2D eigenvalue weighted by atomic mass is 9.94. The number of aromatic nitrogens is 1. The van der Waals surface area contributed by atoms with Gasteiger partial charge in [-0.15, -0.1) is 0 Å². The van der Waals surface area contributed by atoms with E-state index in [9.17, 15) is 18.4 Å². The highest BCUT2D eigenvalue weighted by Crippen LogP contribution is 2.33. The lowest BCUT2D eigenvalue weighted by molar-refractivity contribution is -0.138. The van der Waals surface area contributed by atoms with Gasteiger partial charge in [0.15, 0.2) is 0 Å². The van der Waals surface area contributed by atoms with Crippen molar-refractivity contribution < 1.29 is 27.5 Å². The van der Waals surface area contributed by atoms with E-state index in [0.717, 1.165) is 6.07 Å². The third kappa shape index (κ3) is 4.42. The molecular formula is C21H22F2N4O4. The molecule has 164 valence electrons. The molecule has 31 heavy (non-hydrogen) atoms. The number of carbonyl (C=O) groups is 2. The Kier molecular flexibility index (Phi) is 5.97. The Morgan fingerprint density at radius 1 is 1.19 bits per heavy atom. The summed E-state index contributed by atoms with van der Waals surface area (Å²) in [7, 11) is 0. The summed E-state index contributed by atoms with van der Waals surface area (Å²) in [5, 5.41) is 5.50. The third-order valence-corrected chi connectivity index (χ3v) is 5.41. The van der Waals surface area contributed by atoms with Gasteiger partial charge in [-0.2, -0.15) is 5.10 Å². The number of esters is 1. The van der Waals surface area contributed by atoms with Gasteiger partial charge in [-0.3, -0.25) is 4.79 Å². The number of halogens is 2. The zero-order valence-corrected chi connectivity index (χ0v) is 17.0. The topological polar surface area (TPSA) is 88.2 Å². The third-order valence-electron chi connectivity index (χ3n) is 5.41. The maximum atomic E-state index is 13.6. The average Bonchev–Trinajstić information content (AvgIpc) is 3.43. The van der Waals surface area contributed by atoms with Gasteiger partial charge in [0.25, 0.3) is 6.01 Å². The molecule has 2 aliphatic heterocycles. The second-order valence-electron chi connectivity index (χ2n) is 7.42. The molecule has 1 amide bonds. The van der Waals surface area contributed by atoms with Gasteiger partial charge in [-0.25, -0.2) is 23.6 Å². The predicted molar refractivity (Wildman–Crippen MR) is 106 cm³/mol. The smallest absolute Gasteiger partial charge is 0.376 e. The molecule has 1 saturated heterocycles. The number of hydrazone groups is 1. The molecule has 0 spiro atoms. The molecule has 1 aromatic heterocycles. The van der Waals surface area contributed by atoms with Crippen molar-refractivity contribution in [1.29, 1.82) is 0 Å². The van der Waals surface area contributed by atoms with E-state index in [1.807, 2.05) is 4.90 Å². The number of nitrogens with zero attached hydrogens (tertiary/aromatic N) is 4. The fraction of sp³-hybridized carbons (Fsp3) is 0.429. The summed E-state index contributed by atoms with van der Waals surface area (Å²) in [5.74, 6) is -2.37. The first-order chi connectivity index (χ1) is 15.0. The minimum absolute atomic E-state index is 0.0339. The molecule has 1 aromatic carbocycles. The van der Waals surface area contributed by atoms with E-state index in [1.165, 1.54) is 23.3 Å². The van der Waals surface area contributed by atoms with Crippen LogP contribution in [0.1, 0.15) is 48.3 Å². The summed E-state index contributed by atoms with van der Waals surface area (Å²) in [6.45, 7) is 2.97. The van der Waals surface area contributed by atoms with E-state index in [4.69, 9.17) is 9.15 Å². The van der Waals surface area contributed by atoms with E-state index < -0.39 is 23.6 Å². The second-order valence-corrected chi connectivity index (χ2v) is 7.42. The molecule has 0 aliphatic carbocycles. The SMILES string of the molecule is CCOC(=O)c1cnc(N2CCC(C(=O)N3N=CC[C@H]3c3cc(F)cc(F)c3)CC2)o1. The Labute approximate surface area is 177 Å². The maximum absolute atomic E-state index is 13.6. The normalized spacial score (nSPS) is 19.1. The molecule has 1 fully saturated rings. The number of amides is 1. The van der Waals surface area contributed by atoms with Crippen LogP contribution in [0.2, 0.25) is 0 Å². The van der Waals surface area contributed by atoms with E-state index in [0.29, 0.717) is 43.9 Å². The van der Waals surface area contributed by atoms with Crippen molar-refractivity contribution in [2.75, 3.05) is 24.6 Å². The average molecular weight is 432 g/mol. The predicted octanol–water partition coefficient (Wildman–Crippen LogP) is 3.31. The fourth-order valence-corrected chi connectivity index (χ4v) is 3.88. The van der Waals surface area contributed by atoms with Crippen LogP contribution < -0.4 is 4.90 Å². The largest absolute Gasteiger partial charge is 0.460 e. The standard InChI is InChI=1S/C21H22F2N4O4/c1-2-30-20(29)18-12-24-21(31-18)26-7-4-13(5-8-26)19(28)27-17(3-6-25-27)14-9-15(22)11-16(23)10-14/h6,9-13,17H,2-5,7-8H2,1H3/t17-/m0/s1. The van der Waals surface area contributed by atoms with E-state index in [2.05, 4.69) is 10.1 Å². The Bertz CT molecular complexity index is 981. The molecule has 3 heterocycles. The molecule has 2 aromatic rings. The zero-order chi connectivity index (χ0) is 22.0. The van der Waals surface area contributed by atoms with Crippen molar-refractivity contribution in [3.63, 3.8) is 0 Å². The van der Waals surface area contributed by atoms with E-state index in [-0.39, 0.29) is 24.2 Å². The molecule has 0 N–H and O–H groups in total. The van der Waals surface area contributed by atoms with Crippen LogP contribution in [0.25, 0.3) is 0 Å². The van der Waals surface area contributed by atoms with Crippen LogP contribution in [0.15, 0.2) is 33.9 Å². The van der Waals surface area contributed by atoms with Crippen molar-refractivity contribution in [2.24, 2.45) is 11.0 Å². The van der Waals surface area contributed by atoms with E-state index >= 15 is 0 Å². The van der Waals surface area contributed by atoms with Gasteiger partial charge >= 0.3 is 5.97 Å². The number of anilines is 1. The van der Waals surface area contributed by atoms with Crippen LogP contribution in [0.3, 0.4) is 0 Å². The number of hydrogen-bond donors (Lipinski definition) is 0. The van der Waals surface area contributed by atoms with Crippen molar-refractivity contribution in [3.05, 3.63) is 47.4 Å². The van der Waals surface area contributed by atoms with Crippen LogP contribution in [-0.2, 0) is 9.53 Å². The molecule has 10 heteroatoms. The van der Waals surface area contributed by atoms with Crippen LogP contribution in [0, 0.1) is 17.6 Å². The lowest BCUT2D eigenvalue weighted by Gasteiger charge is -2.33. The van der Waals surface area contributed by atoms with E-state index in [1.54, 1.807) is 13.1 Å². The summed E-state index contributed by atoms with van der Waals surface area (Å²) < 4.78 is 37.6. The second kappa shape index (κ2) is 8.83. The maximum Gasteiger partial charge on any atom is 0.376 e. The van der Waals surface area contributed by atoms with Crippen molar-refractivity contribution >= 4 is 24.1 Å². The van der Waals surface area contributed by atoms with Crippen molar-refractivity contribution in [1.82, 2.24) is 9.99 Å². The number of carbonyl (C=O) groups excluding carboxylic acids is 2. The van der Waals surface area contributed by atoms with Gasteiger partial charge in [-0.1, -0.05) is 0 Å². The first-order valence-corrected chi connectivity index (χ1v) is 10.2. The van der Waals surface area contributed by atoms with Crippen molar-refractivity contribution in [3.8, 4) is 0 Å². The van der Waals surface area contributed by atoms with Gasteiger partial charge in [0, 0.05) is 37.7 Å². The number of benzene rings is 1. The number of rotatable bonds is 5. The summed E-state index contributed by atoms with van der Waals surface area (Å²) >= 11 is 0. The summed E-state index contributed by atoms with van der Waals surface area (Å²) in [4.78, 5) is 30.8. The Balaban J connectivity index is 1.39. The van der Waals surface area contributed by atoms with Gasteiger partial charge < -0.3 is 14.1 Å². The molecule has 8 nitrogen and oxygen atoms in total. The summed E-state index contributed by atoms with van der Waals surface area (Å²) in [5.41, 5.74) is 0.382. The highest BCUT2D eigenvalue weighted by atomic mass is 19.1. The minimum atomic E-state index is -0.684. The first-order valence-electron chi connectivity index (χ1n) is 10.2. The highest BCUT2D eigenvalue weighted by molar-refractivity contribution is 5.86. The van der Waals surface area contributed by atoms with Crippen LogP contribution in [0.5, 0.6) is 0 Å². The molecule has 0 radical (unpaired) electrons. The molecular weight excluding hydrogens is 410 g/mol. The summed E-state index contributed by atoms with van der Waals surface area (Å²) in [6, 6.07) is 3.05. The fourth-order valence-electron chi connectivity index (χ4n) is 3.88. The number of oxazole rings is 1. The van der Waals surface area contributed by atoms with Gasteiger partial charge in [0.1, 0.15) is 11.6 Å². The Morgan fingerprint density at radius 2 is 1.90 bits per heavy atom. The number of ether oxygens (including phenoxy) is 1. The van der Waals surface area contributed by atoms with Crippen molar-refractivity contribution in [2.45, 2.75) is 32.2 Å². The first kappa shape index (κ1) is 21.0. The lowest BCUT2D eigenvalue weighted by Crippen LogP contribution is -2.41. The van der Waals surface area contributed by atoms with Crippen LogP contribution >= 0.6 is 0 Å². The number of hydrogen-bond acceptors (Lipinski definition) is 7. The molecule has 0 bridgehead atoms. The van der Waals surface area contributed by atoms with Crippen LogP contribution in [-0.4, -0.2) is 47.8 Å². The number of piperidine rings is 1. The quantitative estimate of drug-likeness (QED) is 0.674. The molecule has 4 rings (SSSR count). The molecule has 0 saturated carbocycles. The monoisotopic (exact) mass is 432 g/mol. The van der Waals surface area contributed by atoms with Gasteiger partial charge in [0.2, 0.25) is 11.7 Å². The molecule has 2 aliphatic rings.